The molecule has 1 fully saturated rings. The Morgan fingerprint density at radius 3 is 3.19 bits per heavy atom. The Hall–Kier alpha value is -2.12. The van der Waals surface area contributed by atoms with Crippen LogP contribution in [-0.2, 0) is 0 Å². The number of piperidine rings is 1. The first-order valence-corrected chi connectivity index (χ1v) is 9.24. The van der Waals surface area contributed by atoms with Crippen LogP contribution in [0.25, 0.3) is 11.0 Å². The predicted molar refractivity (Wildman–Crippen MR) is 102 cm³/mol. The zero-order valence-corrected chi connectivity index (χ0v) is 15.4. The van der Waals surface area contributed by atoms with Gasteiger partial charge in [0.25, 0.3) is 0 Å². The second-order valence-electron chi connectivity index (χ2n) is 6.97. The second-order valence-corrected chi connectivity index (χ2v) is 7.41. The van der Waals surface area contributed by atoms with E-state index < -0.39 is 0 Å². The molecule has 2 aliphatic heterocycles. The van der Waals surface area contributed by atoms with E-state index in [0.717, 1.165) is 42.7 Å². The third kappa shape index (κ3) is 3.54. The Balaban J connectivity index is 1.54. The largest absolute Gasteiger partial charge is 0.367 e. The highest BCUT2D eigenvalue weighted by atomic mass is 35.5. The van der Waals surface area contributed by atoms with Gasteiger partial charge in [-0.25, -0.2) is 14.4 Å². The Labute approximate surface area is 156 Å². The van der Waals surface area contributed by atoms with E-state index in [4.69, 9.17) is 11.6 Å². The van der Waals surface area contributed by atoms with Gasteiger partial charge in [0, 0.05) is 36.4 Å². The fraction of sp³-hybridized carbons (Fsp3) is 0.444. The number of likely N-dealkylation sites (tertiary alicyclic amines) is 1. The lowest BCUT2D eigenvalue weighted by atomic mass is 9.98. The molecule has 0 saturated carbocycles. The molecule has 0 radical (unpaired) electrons. The summed E-state index contributed by atoms with van der Waals surface area (Å²) in [5, 5.41) is 7.66. The van der Waals surface area contributed by atoms with E-state index in [1.165, 1.54) is 6.42 Å². The number of halogens is 2. The Morgan fingerprint density at radius 1 is 1.46 bits per heavy atom. The van der Waals surface area contributed by atoms with Gasteiger partial charge in [-0.1, -0.05) is 11.6 Å². The summed E-state index contributed by atoms with van der Waals surface area (Å²) in [6.07, 6.45) is 5.75. The number of rotatable bonds is 4. The Bertz CT molecular complexity index is 874. The van der Waals surface area contributed by atoms with Gasteiger partial charge in [-0.3, -0.25) is 0 Å². The molecule has 3 N–H and O–H groups in total. The summed E-state index contributed by atoms with van der Waals surface area (Å²) in [7, 11) is 2.13. The van der Waals surface area contributed by atoms with Crippen LogP contribution in [0.15, 0.2) is 35.1 Å². The molecule has 2 aliphatic rings. The van der Waals surface area contributed by atoms with Gasteiger partial charge in [-0.15, -0.1) is 0 Å². The van der Waals surface area contributed by atoms with Gasteiger partial charge in [0.2, 0.25) is 0 Å². The molecule has 1 atom stereocenters. The van der Waals surface area contributed by atoms with Crippen LogP contribution in [0.5, 0.6) is 0 Å². The summed E-state index contributed by atoms with van der Waals surface area (Å²) in [6.45, 7) is 3.01. The first-order chi connectivity index (χ1) is 12.6. The van der Waals surface area contributed by atoms with Crippen molar-refractivity contribution in [1.82, 2.24) is 25.5 Å². The molecule has 4 rings (SSSR count). The number of nitrogens with one attached hydrogen (secondary N) is 3. The smallest absolute Gasteiger partial charge is 0.162 e. The van der Waals surface area contributed by atoms with Crippen LogP contribution >= 0.6 is 11.6 Å². The predicted octanol–water partition coefficient (Wildman–Crippen LogP) is 2.64. The van der Waals surface area contributed by atoms with E-state index in [2.05, 4.69) is 37.5 Å². The maximum Gasteiger partial charge on any atom is 0.162 e. The molecule has 2 aromatic heterocycles. The first-order valence-electron chi connectivity index (χ1n) is 8.87. The molecule has 138 valence electrons. The van der Waals surface area contributed by atoms with E-state index in [0.29, 0.717) is 22.6 Å². The quantitative estimate of drug-likeness (QED) is 0.767. The highest BCUT2D eigenvalue weighted by Gasteiger charge is 2.21. The van der Waals surface area contributed by atoms with Gasteiger partial charge in [0.15, 0.2) is 11.6 Å². The van der Waals surface area contributed by atoms with Crippen LogP contribution < -0.4 is 10.6 Å². The van der Waals surface area contributed by atoms with Crippen LogP contribution in [0.3, 0.4) is 0 Å². The Kier molecular flexibility index (Phi) is 4.82. The number of pyridine rings is 1. The maximum atomic E-state index is 14.3. The summed E-state index contributed by atoms with van der Waals surface area (Å²) < 4.78 is 14.3. The van der Waals surface area contributed by atoms with Gasteiger partial charge in [-0.05, 0) is 38.4 Å². The van der Waals surface area contributed by atoms with Crippen LogP contribution in [-0.4, -0.2) is 53.9 Å². The normalized spacial score (nSPS) is 21.7. The van der Waals surface area contributed by atoms with E-state index in [9.17, 15) is 4.39 Å². The summed E-state index contributed by atoms with van der Waals surface area (Å²) in [5.74, 6) is 1.17. The number of aromatic amines is 1. The SMILES string of the molecule is CN1CCC[C@H](CNC2=C(F)CNC(c3c[nH]c4ncc(Cl)cc34)=N2)C1. The summed E-state index contributed by atoms with van der Waals surface area (Å²) in [4.78, 5) is 14.2. The summed E-state index contributed by atoms with van der Waals surface area (Å²) >= 11 is 6.06. The highest BCUT2D eigenvalue weighted by molar-refractivity contribution is 6.31. The number of hydrogen-bond acceptors (Lipinski definition) is 5. The van der Waals surface area contributed by atoms with Crippen LogP contribution in [0.2, 0.25) is 5.02 Å². The molecular weight excluding hydrogens is 355 g/mol. The number of fused-ring (bicyclic) bond motifs is 1. The zero-order chi connectivity index (χ0) is 18.1. The lowest BCUT2D eigenvalue weighted by Crippen LogP contribution is -2.38. The van der Waals surface area contributed by atoms with Gasteiger partial charge < -0.3 is 20.5 Å². The second kappa shape index (κ2) is 7.25. The number of hydrogen-bond donors (Lipinski definition) is 3. The van der Waals surface area contributed by atoms with Gasteiger partial charge in [-0.2, -0.15) is 0 Å². The molecule has 6 nitrogen and oxygen atoms in total. The zero-order valence-electron chi connectivity index (χ0n) is 14.6. The number of nitrogens with zero attached hydrogens (tertiary/aromatic N) is 3. The minimum absolute atomic E-state index is 0.117. The molecule has 0 aliphatic carbocycles. The van der Waals surface area contributed by atoms with Crippen molar-refractivity contribution in [1.29, 1.82) is 0 Å². The fourth-order valence-corrected chi connectivity index (χ4v) is 3.76. The number of amidine groups is 1. The van der Waals surface area contributed by atoms with E-state index in [1.807, 2.05) is 12.3 Å². The molecule has 26 heavy (non-hydrogen) atoms. The Morgan fingerprint density at radius 2 is 2.35 bits per heavy atom. The standard InChI is InChI=1S/C18H22ClFN6/c1-26-4-2-3-11(10-26)6-21-18-15(20)9-24-17(25-18)14-8-23-16-13(14)5-12(19)7-22-16/h5,7-8,11,21H,2-4,6,9-10H2,1H3,(H,22,23)(H,24,25)/t11-/m1/s1. The van der Waals surface area contributed by atoms with E-state index >= 15 is 0 Å². The van der Waals surface area contributed by atoms with E-state index in [-0.39, 0.29) is 12.4 Å². The van der Waals surface area contributed by atoms with Crippen molar-refractivity contribution in [2.24, 2.45) is 10.9 Å². The summed E-state index contributed by atoms with van der Waals surface area (Å²) in [5.41, 5.74) is 1.56. The molecule has 0 amide bonds. The summed E-state index contributed by atoms with van der Waals surface area (Å²) in [6, 6.07) is 1.83. The monoisotopic (exact) mass is 376 g/mol. The number of H-pyrrole nitrogens is 1. The molecule has 0 bridgehead atoms. The van der Waals surface area contributed by atoms with Crippen LogP contribution in [0.4, 0.5) is 4.39 Å². The molecule has 0 unspecified atom stereocenters. The highest BCUT2D eigenvalue weighted by Crippen LogP contribution is 2.23. The third-order valence-electron chi connectivity index (χ3n) is 4.92. The average Bonchev–Trinajstić information content (AvgIpc) is 3.04. The molecule has 0 spiro atoms. The van der Waals surface area contributed by atoms with E-state index in [1.54, 1.807) is 6.20 Å². The van der Waals surface area contributed by atoms with Crippen molar-refractivity contribution < 1.29 is 4.39 Å². The fourth-order valence-electron chi connectivity index (χ4n) is 3.60. The van der Waals surface area contributed by atoms with Crippen molar-refractivity contribution in [2.45, 2.75) is 12.8 Å². The molecule has 2 aromatic rings. The van der Waals surface area contributed by atoms with Gasteiger partial charge >= 0.3 is 0 Å². The van der Waals surface area contributed by atoms with Crippen molar-refractivity contribution in [3.05, 3.63) is 40.7 Å². The van der Waals surface area contributed by atoms with Gasteiger partial charge in [0.05, 0.1) is 11.6 Å². The van der Waals surface area contributed by atoms with Crippen LogP contribution in [0, 0.1) is 5.92 Å². The lowest BCUT2D eigenvalue weighted by Gasteiger charge is -2.30. The number of aromatic nitrogens is 2. The molecule has 1 saturated heterocycles. The maximum absolute atomic E-state index is 14.3. The third-order valence-corrected chi connectivity index (χ3v) is 5.13. The lowest BCUT2D eigenvalue weighted by molar-refractivity contribution is 0.208. The minimum atomic E-state index is -0.270. The van der Waals surface area contributed by atoms with Crippen molar-refractivity contribution >= 4 is 28.5 Å². The van der Waals surface area contributed by atoms with Gasteiger partial charge in [0.1, 0.15) is 11.5 Å². The van der Waals surface area contributed by atoms with Crippen molar-refractivity contribution in [3.63, 3.8) is 0 Å². The molecule has 8 heteroatoms. The molecule has 0 aromatic carbocycles. The first kappa shape index (κ1) is 17.3. The van der Waals surface area contributed by atoms with Crippen molar-refractivity contribution in [3.8, 4) is 0 Å². The molecule has 4 heterocycles. The minimum Gasteiger partial charge on any atom is -0.367 e. The molecular formula is C18H22ClFN6. The van der Waals surface area contributed by atoms with Crippen molar-refractivity contribution in [2.75, 3.05) is 33.2 Å². The number of aliphatic imine (C=N–C) groups is 1. The van der Waals surface area contributed by atoms with Crippen LogP contribution in [0.1, 0.15) is 18.4 Å². The average molecular weight is 377 g/mol. The topological polar surface area (TPSA) is 68.3 Å².